The average Bonchev–Trinajstić information content (AvgIpc) is 2.86. The zero-order valence-corrected chi connectivity index (χ0v) is 12.2. The van der Waals surface area contributed by atoms with Crippen LogP contribution in [-0.4, -0.2) is 35.7 Å². The molecule has 19 heavy (non-hydrogen) atoms. The number of carbonyl (C=O) groups is 1. The Morgan fingerprint density at radius 3 is 3.00 bits per heavy atom. The van der Waals surface area contributed by atoms with Gasteiger partial charge in [0.1, 0.15) is 5.01 Å². The molecule has 1 aromatic heterocycles. The van der Waals surface area contributed by atoms with E-state index >= 15 is 0 Å². The molecule has 2 heterocycles. The summed E-state index contributed by atoms with van der Waals surface area (Å²) in [6.07, 6.45) is 3.56. The van der Waals surface area contributed by atoms with E-state index in [-0.39, 0.29) is 6.09 Å². The summed E-state index contributed by atoms with van der Waals surface area (Å²) in [6, 6.07) is 0. The second-order valence-corrected chi connectivity index (χ2v) is 5.59. The van der Waals surface area contributed by atoms with E-state index in [9.17, 15) is 4.79 Å². The maximum Gasteiger partial charge on any atom is 0.407 e. The largest absolute Gasteiger partial charge is 0.450 e. The summed E-state index contributed by atoms with van der Waals surface area (Å²) in [5.41, 5.74) is 1.10. The molecule has 0 unspecified atom stereocenters. The van der Waals surface area contributed by atoms with Crippen LogP contribution in [0, 0.1) is 0 Å². The van der Waals surface area contributed by atoms with Crippen LogP contribution in [0.5, 0.6) is 0 Å². The SMILES string of the molecule is CCOC(=O)NCc1nc(CN2CCCCC2)cs1. The molecule has 1 aliphatic rings. The van der Waals surface area contributed by atoms with E-state index in [0.717, 1.165) is 17.2 Å². The molecule has 2 rings (SSSR count). The number of alkyl carbamates (subject to hydrolysis) is 1. The molecule has 0 bridgehead atoms. The minimum Gasteiger partial charge on any atom is -0.450 e. The first kappa shape index (κ1) is 14.3. The third kappa shape index (κ3) is 4.80. The number of piperidine rings is 1. The number of thiazole rings is 1. The van der Waals surface area contributed by atoms with Gasteiger partial charge in [0.2, 0.25) is 0 Å². The van der Waals surface area contributed by atoms with Gasteiger partial charge in [0.05, 0.1) is 18.8 Å². The molecule has 1 fully saturated rings. The van der Waals surface area contributed by atoms with Crippen molar-refractivity contribution in [2.24, 2.45) is 0 Å². The number of hydrogen-bond acceptors (Lipinski definition) is 5. The molecule has 0 atom stereocenters. The molecule has 106 valence electrons. The molecule has 5 nitrogen and oxygen atoms in total. The highest BCUT2D eigenvalue weighted by molar-refractivity contribution is 7.09. The average molecular weight is 283 g/mol. The molecule has 1 aromatic rings. The predicted octanol–water partition coefficient (Wildman–Crippen LogP) is 2.38. The molecule has 0 saturated carbocycles. The number of likely N-dealkylation sites (tertiary alicyclic amines) is 1. The van der Waals surface area contributed by atoms with Gasteiger partial charge in [-0.1, -0.05) is 6.42 Å². The Balaban J connectivity index is 1.76. The Labute approximate surface area is 118 Å². The quantitative estimate of drug-likeness (QED) is 0.901. The Kier molecular flexibility index (Phi) is 5.60. The molecule has 0 spiro atoms. The van der Waals surface area contributed by atoms with Crippen LogP contribution < -0.4 is 5.32 Å². The molecule has 0 radical (unpaired) electrons. The van der Waals surface area contributed by atoms with Crippen LogP contribution in [0.1, 0.15) is 36.9 Å². The van der Waals surface area contributed by atoms with Crippen molar-refractivity contribution in [3.8, 4) is 0 Å². The van der Waals surface area contributed by atoms with Crippen LogP contribution in [-0.2, 0) is 17.8 Å². The van der Waals surface area contributed by atoms with Gasteiger partial charge in [-0.3, -0.25) is 4.90 Å². The summed E-state index contributed by atoms with van der Waals surface area (Å²) in [5.74, 6) is 0. The third-order valence-corrected chi connectivity index (χ3v) is 3.99. The van der Waals surface area contributed by atoms with Gasteiger partial charge in [0.25, 0.3) is 0 Å². The maximum atomic E-state index is 11.2. The number of amides is 1. The van der Waals surface area contributed by atoms with Crippen molar-refractivity contribution in [2.45, 2.75) is 39.3 Å². The Morgan fingerprint density at radius 2 is 2.26 bits per heavy atom. The number of nitrogens with one attached hydrogen (secondary N) is 1. The number of rotatable bonds is 5. The summed E-state index contributed by atoms with van der Waals surface area (Å²) in [6.45, 7) is 5.91. The number of aromatic nitrogens is 1. The van der Waals surface area contributed by atoms with Crippen LogP contribution in [0.25, 0.3) is 0 Å². The molecule has 1 N–H and O–H groups in total. The monoisotopic (exact) mass is 283 g/mol. The Bertz CT molecular complexity index is 402. The lowest BCUT2D eigenvalue weighted by molar-refractivity contribution is 0.151. The minimum atomic E-state index is -0.379. The van der Waals surface area contributed by atoms with E-state index in [2.05, 4.69) is 20.6 Å². The Hall–Kier alpha value is -1.14. The van der Waals surface area contributed by atoms with E-state index in [4.69, 9.17) is 4.74 Å². The van der Waals surface area contributed by atoms with Crippen LogP contribution >= 0.6 is 11.3 Å². The zero-order valence-electron chi connectivity index (χ0n) is 11.4. The van der Waals surface area contributed by atoms with Crippen LogP contribution in [0.4, 0.5) is 4.79 Å². The number of hydrogen-bond donors (Lipinski definition) is 1. The first-order valence-corrected chi connectivity index (χ1v) is 7.72. The topological polar surface area (TPSA) is 54.5 Å². The third-order valence-electron chi connectivity index (χ3n) is 3.09. The molecule has 1 amide bonds. The van der Waals surface area contributed by atoms with Gasteiger partial charge in [-0.2, -0.15) is 0 Å². The summed E-state index contributed by atoms with van der Waals surface area (Å²) in [7, 11) is 0. The smallest absolute Gasteiger partial charge is 0.407 e. The first-order valence-electron chi connectivity index (χ1n) is 6.84. The normalized spacial score (nSPS) is 16.3. The highest BCUT2D eigenvalue weighted by Crippen LogP contribution is 2.15. The van der Waals surface area contributed by atoms with Gasteiger partial charge in [-0.15, -0.1) is 11.3 Å². The lowest BCUT2D eigenvalue weighted by Crippen LogP contribution is -2.29. The van der Waals surface area contributed by atoms with Crippen LogP contribution in [0.15, 0.2) is 5.38 Å². The van der Waals surface area contributed by atoms with Gasteiger partial charge in [0.15, 0.2) is 0 Å². The zero-order chi connectivity index (χ0) is 13.5. The lowest BCUT2D eigenvalue weighted by Gasteiger charge is -2.25. The summed E-state index contributed by atoms with van der Waals surface area (Å²) < 4.78 is 4.81. The molecular weight excluding hydrogens is 262 g/mol. The van der Waals surface area contributed by atoms with Gasteiger partial charge in [-0.25, -0.2) is 9.78 Å². The van der Waals surface area contributed by atoms with E-state index < -0.39 is 0 Å². The highest BCUT2D eigenvalue weighted by atomic mass is 32.1. The summed E-state index contributed by atoms with van der Waals surface area (Å²) in [5, 5.41) is 5.70. The van der Waals surface area contributed by atoms with Crippen molar-refractivity contribution < 1.29 is 9.53 Å². The molecule has 1 saturated heterocycles. The van der Waals surface area contributed by atoms with E-state index in [1.807, 2.05) is 0 Å². The van der Waals surface area contributed by atoms with Gasteiger partial charge >= 0.3 is 6.09 Å². The standard InChI is InChI=1S/C13H21N3O2S/c1-2-18-13(17)14-8-12-15-11(10-19-12)9-16-6-4-3-5-7-16/h10H,2-9H2,1H3,(H,14,17). The van der Waals surface area contributed by atoms with Gasteiger partial charge in [-0.05, 0) is 32.9 Å². The van der Waals surface area contributed by atoms with Gasteiger partial charge in [0, 0.05) is 11.9 Å². The van der Waals surface area contributed by atoms with Crippen LogP contribution in [0.2, 0.25) is 0 Å². The van der Waals surface area contributed by atoms with Crippen LogP contribution in [0.3, 0.4) is 0 Å². The highest BCUT2D eigenvalue weighted by Gasteiger charge is 2.12. The molecular formula is C13H21N3O2S. The Morgan fingerprint density at radius 1 is 1.47 bits per heavy atom. The van der Waals surface area contributed by atoms with Crippen molar-refractivity contribution in [3.05, 3.63) is 16.1 Å². The fourth-order valence-corrected chi connectivity index (χ4v) is 2.90. The minimum absolute atomic E-state index is 0.379. The molecule has 0 aliphatic carbocycles. The molecule has 0 aromatic carbocycles. The van der Waals surface area contributed by atoms with E-state index in [0.29, 0.717) is 13.2 Å². The number of nitrogens with zero attached hydrogens (tertiary/aromatic N) is 2. The summed E-state index contributed by atoms with van der Waals surface area (Å²) in [4.78, 5) is 18.2. The fourth-order valence-electron chi connectivity index (χ4n) is 2.18. The molecule has 1 aliphatic heterocycles. The van der Waals surface area contributed by atoms with Crippen molar-refractivity contribution in [1.29, 1.82) is 0 Å². The lowest BCUT2D eigenvalue weighted by atomic mass is 10.1. The van der Waals surface area contributed by atoms with Gasteiger partial charge < -0.3 is 10.1 Å². The number of carbonyl (C=O) groups excluding carboxylic acids is 1. The van der Waals surface area contributed by atoms with E-state index in [1.165, 1.54) is 32.4 Å². The molecule has 6 heteroatoms. The van der Waals surface area contributed by atoms with Crippen molar-refractivity contribution in [3.63, 3.8) is 0 Å². The second kappa shape index (κ2) is 7.45. The first-order chi connectivity index (χ1) is 9.28. The van der Waals surface area contributed by atoms with Crippen molar-refractivity contribution in [2.75, 3.05) is 19.7 Å². The van der Waals surface area contributed by atoms with Crippen molar-refractivity contribution in [1.82, 2.24) is 15.2 Å². The summed E-state index contributed by atoms with van der Waals surface area (Å²) >= 11 is 1.59. The maximum absolute atomic E-state index is 11.2. The second-order valence-electron chi connectivity index (χ2n) is 4.64. The predicted molar refractivity (Wildman–Crippen MR) is 75.1 cm³/mol. The van der Waals surface area contributed by atoms with E-state index in [1.54, 1.807) is 18.3 Å². The number of ether oxygens (including phenoxy) is 1. The van der Waals surface area contributed by atoms with Crippen molar-refractivity contribution >= 4 is 17.4 Å². The fraction of sp³-hybridized carbons (Fsp3) is 0.692.